The summed E-state index contributed by atoms with van der Waals surface area (Å²) in [6.07, 6.45) is 4.07. The Hall–Kier alpha value is -2.41. The van der Waals surface area contributed by atoms with Gasteiger partial charge in [-0.2, -0.15) is 0 Å². The number of anilines is 1. The SMILES string of the molecule is CCC1CCc2c(sc3c2C(=O)NC(c2cc(OC)c(OC)c(OC)c2)N3)C1. The molecule has 2 aliphatic rings. The van der Waals surface area contributed by atoms with E-state index in [9.17, 15) is 4.79 Å². The third-order valence-corrected chi connectivity index (χ3v) is 6.93. The molecule has 2 aromatic rings. The zero-order chi connectivity index (χ0) is 19.8. The number of hydrogen-bond donors (Lipinski definition) is 2. The van der Waals surface area contributed by atoms with Gasteiger partial charge in [-0.3, -0.25) is 4.79 Å². The van der Waals surface area contributed by atoms with E-state index in [2.05, 4.69) is 17.6 Å². The van der Waals surface area contributed by atoms with Gasteiger partial charge in [0.15, 0.2) is 11.5 Å². The summed E-state index contributed by atoms with van der Waals surface area (Å²) < 4.78 is 16.3. The Morgan fingerprint density at radius 2 is 1.82 bits per heavy atom. The third kappa shape index (κ3) is 3.07. The number of thiophene rings is 1. The summed E-state index contributed by atoms with van der Waals surface area (Å²) in [6, 6.07) is 3.73. The second kappa shape index (κ2) is 7.54. The Labute approximate surface area is 169 Å². The highest BCUT2D eigenvalue weighted by molar-refractivity contribution is 7.16. The number of rotatable bonds is 5. The van der Waals surface area contributed by atoms with Gasteiger partial charge >= 0.3 is 0 Å². The molecule has 1 aromatic heterocycles. The first-order valence-corrected chi connectivity index (χ1v) is 10.4. The van der Waals surface area contributed by atoms with E-state index in [1.54, 1.807) is 32.7 Å². The Morgan fingerprint density at radius 3 is 2.43 bits per heavy atom. The number of hydrogen-bond acceptors (Lipinski definition) is 6. The van der Waals surface area contributed by atoms with Gasteiger partial charge in [-0.25, -0.2) is 0 Å². The Balaban J connectivity index is 1.69. The van der Waals surface area contributed by atoms with Crippen LogP contribution in [0.1, 0.15) is 52.3 Å². The predicted molar refractivity (Wildman–Crippen MR) is 110 cm³/mol. The lowest BCUT2D eigenvalue weighted by molar-refractivity contribution is 0.0935. The molecule has 150 valence electrons. The van der Waals surface area contributed by atoms with Crippen LogP contribution in [0.4, 0.5) is 5.00 Å². The van der Waals surface area contributed by atoms with Gasteiger partial charge in [-0.15, -0.1) is 11.3 Å². The smallest absolute Gasteiger partial charge is 0.256 e. The fourth-order valence-corrected chi connectivity index (χ4v) is 5.54. The average Bonchev–Trinajstić information content (AvgIpc) is 3.10. The Kier molecular flexibility index (Phi) is 5.10. The van der Waals surface area contributed by atoms with Crippen LogP contribution in [0.2, 0.25) is 0 Å². The maximum Gasteiger partial charge on any atom is 0.256 e. The summed E-state index contributed by atoms with van der Waals surface area (Å²) in [6.45, 7) is 2.24. The van der Waals surface area contributed by atoms with Crippen LogP contribution < -0.4 is 24.8 Å². The van der Waals surface area contributed by atoms with Crippen molar-refractivity contribution in [2.24, 2.45) is 5.92 Å². The van der Waals surface area contributed by atoms with Crippen molar-refractivity contribution in [3.8, 4) is 17.2 Å². The van der Waals surface area contributed by atoms with Crippen LogP contribution in [0, 0.1) is 5.92 Å². The van der Waals surface area contributed by atoms with E-state index >= 15 is 0 Å². The lowest BCUT2D eigenvalue weighted by Gasteiger charge is -2.28. The summed E-state index contributed by atoms with van der Waals surface area (Å²) in [5, 5.41) is 7.57. The topological polar surface area (TPSA) is 68.8 Å². The van der Waals surface area contributed by atoms with Gasteiger partial charge in [-0.05, 0) is 42.9 Å². The third-order valence-electron chi connectivity index (χ3n) is 5.74. The zero-order valence-electron chi connectivity index (χ0n) is 16.7. The van der Waals surface area contributed by atoms with E-state index in [1.807, 2.05) is 12.1 Å². The molecule has 2 heterocycles. The normalized spacial score (nSPS) is 20.5. The van der Waals surface area contributed by atoms with Crippen molar-refractivity contribution in [3.05, 3.63) is 33.7 Å². The van der Waals surface area contributed by atoms with Crippen molar-refractivity contribution >= 4 is 22.2 Å². The molecule has 28 heavy (non-hydrogen) atoms. The highest BCUT2D eigenvalue weighted by atomic mass is 32.1. The molecule has 1 amide bonds. The minimum atomic E-state index is -0.351. The van der Waals surface area contributed by atoms with Crippen LogP contribution >= 0.6 is 11.3 Å². The number of fused-ring (bicyclic) bond motifs is 3. The van der Waals surface area contributed by atoms with Gasteiger partial charge in [0.05, 0.1) is 26.9 Å². The highest BCUT2D eigenvalue weighted by Gasteiger charge is 2.34. The number of nitrogens with one attached hydrogen (secondary N) is 2. The van der Waals surface area contributed by atoms with E-state index in [0.29, 0.717) is 17.2 Å². The first kappa shape index (κ1) is 18.9. The summed E-state index contributed by atoms with van der Waals surface area (Å²) in [7, 11) is 4.75. The van der Waals surface area contributed by atoms with Gasteiger partial charge in [-0.1, -0.05) is 13.3 Å². The van der Waals surface area contributed by atoms with Crippen LogP contribution in [-0.4, -0.2) is 27.2 Å². The van der Waals surface area contributed by atoms with Crippen molar-refractivity contribution in [3.63, 3.8) is 0 Å². The summed E-state index contributed by atoms with van der Waals surface area (Å²) in [5.41, 5.74) is 2.92. The van der Waals surface area contributed by atoms with Gasteiger partial charge in [0.25, 0.3) is 5.91 Å². The molecule has 0 spiro atoms. The van der Waals surface area contributed by atoms with Crippen LogP contribution in [0.5, 0.6) is 17.2 Å². The van der Waals surface area contributed by atoms with Crippen LogP contribution in [0.15, 0.2) is 12.1 Å². The molecule has 2 N–H and O–H groups in total. The number of benzene rings is 1. The van der Waals surface area contributed by atoms with Crippen molar-refractivity contribution in [1.82, 2.24) is 5.32 Å². The average molecular weight is 403 g/mol. The molecule has 1 aliphatic heterocycles. The maximum atomic E-state index is 13.0. The molecular formula is C21H26N2O4S. The molecule has 6 nitrogen and oxygen atoms in total. The standard InChI is InChI=1S/C21H26N2O4S/c1-5-11-6-7-13-16(8-11)28-21-17(13)20(24)22-19(23-21)12-9-14(25-2)18(27-4)15(10-12)26-3/h9-11,19,23H,5-8H2,1-4H3,(H,22,24). The summed E-state index contributed by atoms with van der Waals surface area (Å²) in [4.78, 5) is 14.3. The first-order chi connectivity index (χ1) is 13.6. The van der Waals surface area contributed by atoms with Crippen LogP contribution in [0.3, 0.4) is 0 Å². The number of amides is 1. The van der Waals surface area contributed by atoms with Crippen molar-refractivity contribution in [2.45, 2.75) is 38.8 Å². The second-order valence-corrected chi connectivity index (χ2v) is 8.34. The summed E-state index contributed by atoms with van der Waals surface area (Å²) in [5.74, 6) is 2.38. The van der Waals surface area contributed by atoms with Crippen molar-refractivity contribution < 1.29 is 19.0 Å². The van der Waals surface area contributed by atoms with E-state index < -0.39 is 0 Å². The molecule has 0 saturated carbocycles. The molecule has 0 fully saturated rings. The molecule has 0 radical (unpaired) electrons. The van der Waals surface area contributed by atoms with Gasteiger partial charge in [0, 0.05) is 10.4 Å². The largest absolute Gasteiger partial charge is 0.493 e. The van der Waals surface area contributed by atoms with Crippen molar-refractivity contribution in [2.75, 3.05) is 26.6 Å². The number of carbonyl (C=O) groups is 1. The predicted octanol–water partition coefficient (Wildman–Crippen LogP) is 4.14. The Morgan fingerprint density at radius 1 is 1.11 bits per heavy atom. The highest BCUT2D eigenvalue weighted by Crippen LogP contribution is 2.45. The minimum Gasteiger partial charge on any atom is -0.493 e. The number of ether oxygens (including phenoxy) is 3. The molecule has 1 aliphatic carbocycles. The minimum absolute atomic E-state index is 0.0139. The molecule has 2 atom stereocenters. The van der Waals surface area contributed by atoms with E-state index in [0.717, 1.165) is 41.3 Å². The fourth-order valence-electron chi connectivity index (χ4n) is 4.15. The number of carbonyl (C=O) groups excluding carboxylic acids is 1. The molecule has 1 aromatic carbocycles. The summed E-state index contributed by atoms with van der Waals surface area (Å²) >= 11 is 1.73. The van der Waals surface area contributed by atoms with Crippen LogP contribution in [-0.2, 0) is 12.8 Å². The monoisotopic (exact) mass is 402 g/mol. The Bertz CT molecular complexity index is 883. The van der Waals surface area contributed by atoms with E-state index in [1.165, 1.54) is 16.9 Å². The lowest BCUT2D eigenvalue weighted by Crippen LogP contribution is -2.38. The van der Waals surface area contributed by atoms with Crippen LogP contribution in [0.25, 0.3) is 0 Å². The van der Waals surface area contributed by atoms with E-state index in [-0.39, 0.29) is 12.1 Å². The maximum absolute atomic E-state index is 13.0. The van der Waals surface area contributed by atoms with Gasteiger partial charge in [0.2, 0.25) is 5.75 Å². The molecule has 7 heteroatoms. The quantitative estimate of drug-likeness (QED) is 0.787. The van der Waals surface area contributed by atoms with Crippen molar-refractivity contribution in [1.29, 1.82) is 0 Å². The molecule has 2 unspecified atom stereocenters. The van der Waals surface area contributed by atoms with Gasteiger partial charge in [0.1, 0.15) is 11.2 Å². The first-order valence-electron chi connectivity index (χ1n) is 9.61. The number of methoxy groups -OCH3 is 3. The molecule has 0 saturated heterocycles. The molecule has 4 rings (SSSR count). The van der Waals surface area contributed by atoms with Gasteiger partial charge < -0.3 is 24.8 Å². The fraction of sp³-hybridized carbons (Fsp3) is 0.476. The second-order valence-electron chi connectivity index (χ2n) is 7.23. The zero-order valence-corrected chi connectivity index (χ0v) is 17.5. The lowest BCUT2D eigenvalue weighted by atomic mass is 9.85. The molecule has 0 bridgehead atoms. The molecular weight excluding hydrogens is 376 g/mol. The van der Waals surface area contributed by atoms with E-state index in [4.69, 9.17) is 14.2 Å².